The Balaban J connectivity index is 2.50. The molecule has 0 bridgehead atoms. The summed E-state index contributed by atoms with van der Waals surface area (Å²) in [6.45, 7) is 3.73. The summed E-state index contributed by atoms with van der Waals surface area (Å²) in [5.74, 6) is -0.581. The van der Waals surface area contributed by atoms with Crippen LogP contribution < -0.4 is 0 Å². The molecule has 2 rings (SSSR count). The third-order valence-corrected chi connectivity index (χ3v) is 3.46. The van der Waals surface area contributed by atoms with Crippen molar-refractivity contribution in [3.8, 4) is 0 Å². The summed E-state index contributed by atoms with van der Waals surface area (Å²) in [5.41, 5.74) is 3.18. The minimum Gasteiger partial charge on any atom is -0.469 e. The molecular weight excluding hydrogens is 272 g/mol. The lowest BCUT2D eigenvalue weighted by atomic mass is 9.92. The first-order valence-electron chi connectivity index (χ1n) is 7.27. The molecule has 0 aliphatic heterocycles. The van der Waals surface area contributed by atoms with Crippen LogP contribution >= 0.6 is 0 Å². The highest BCUT2D eigenvalue weighted by atomic mass is 16.5. The summed E-state index contributed by atoms with van der Waals surface area (Å²) >= 11 is 0. The number of benzene rings is 2. The topological polar surface area (TPSA) is 26.3 Å². The molecule has 1 unspecified atom stereocenters. The first-order valence-corrected chi connectivity index (χ1v) is 7.27. The van der Waals surface area contributed by atoms with Gasteiger partial charge in [0.2, 0.25) is 0 Å². The van der Waals surface area contributed by atoms with Gasteiger partial charge in [0.05, 0.1) is 13.0 Å². The Labute approximate surface area is 131 Å². The van der Waals surface area contributed by atoms with Crippen LogP contribution in [0, 0.1) is 5.92 Å². The number of rotatable bonds is 6. The Morgan fingerprint density at radius 2 is 1.55 bits per heavy atom. The van der Waals surface area contributed by atoms with Crippen molar-refractivity contribution in [3.05, 3.63) is 90.5 Å². The summed E-state index contributed by atoms with van der Waals surface area (Å²) in [6.07, 6.45) is 4.26. The monoisotopic (exact) mass is 292 g/mol. The first-order chi connectivity index (χ1) is 10.8. The number of carbonyl (C=O) groups excluding carboxylic acids is 1. The average molecular weight is 292 g/mol. The molecule has 0 amide bonds. The van der Waals surface area contributed by atoms with E-state index in [0.717, 1.165) is 16.7 Å². The molecule has 0 aliphatic carbocycles. The van der Waals surface area contributed by atoms with E-state index in [1.165, 1.54) is 7.11 Å². The normalized spacial score (nSPS) is 11.3. The lowest BCUT2D eigenvalue weighted by Crippen LogP contribution is -2.14. The van der Waals surface area contributed by atoms with E-state index in [1.54, 1.807) is 6.08 Å². The largest absolute Gasteiger partial charge is 0.469 e. The molecule has 2 nitrogen and oxygen atoms in total. The molecule has 2 aromatic carbocycles. The number of methoxy groups -OCH3 is 1. The molecule has 0 aliphatic rings. The van der Waals surface area contributed by atoms with Crippen LogP contribution in [-0.2, 0) is 9.53 Å². The van der Waals surface area contributed by atoms with E-state index in [1.807, 2.05) is 66.7 Å². The van der Waals surface area contributed by atoms with Gasteiger partial charge in [-0.2, -0.15) is 0 Å². The van der Waals surface area contributed by atoms with E-state index in [0.29, 0.717) is 6.42 Å². The predicted octanol–water partition coefficient (Wildman–Crippen LogP) is 4.48. The number of allylic oxidation sites excluding steroid dienone is 1. The van der Waals surface area contributed by atoms with Crippen molar-refractivity contribution in [1.29, 1.82) is 0 Å². The highest BCUT2D eigenvalue weighted by molar-refractivity contribution is 5.84. The van der Waals surface area contributed by atoms with Gasteiger partial charge in [0.25, 0.3) is 0 Å². The van der Waals surface area contributed by atoms with E-state index in [-0.39, 0.29) is 11.9 Å². The fraction of sp³-hybridized carbons (Fsp3) is 0.150. The Morgan fingerprint density at radius 1 is 1.05 bits per heavy atom. The average Bonchev–Trinajstić information content (AvgIpc) is 2.59. The molecule has 0 saturated carbocycles. The Hall–Kier alpha value is -2.61. The summed E-state index contributed by atoms with van der Waals surface area (Å²) in [6, 6.07) is 20.1. The van der Waals surface area contributed by atoms with Crippen molar-refractivity contribution >= 4 is 11.5 Å². The summed E-state index contributed by atoms with van der Waals surface area (Å²) < 4.78 is 4.91. The van der Waals surface area contributed by atoms with Gasteiger partial charge in [-0.3, -0.25) is 4.79 Å². The van der Waals surface area contributed by atoms with Crippen LogP contribution in [-0.4, -0.2) is 13.1 Å². The van der Waals surface area contributed by atoms with Gasteiger partial charge >= 0.3 is 5.97 Å². The van der Waals surface area contributed by atoms with Gasteiger partial charge < -0.3 is 4.74 Å². The Morgan fingerprint density at radius 3 is 1.95 bits per heavy atom. The third kappa shape index (κ3) is 3.95. The molecule has 2 aromatic rings. The van der Waals surface area contributed by atoms with Crippen LogP contribution in [0.25, 0.3) is 5.57 Å². The maximum absolute atomic E-state index is 12.0. The standard InChI is InChI=1S/C20H20O2/c1-3-10-18(20(21)22-2)15-19(16-11-6-4-7-12-16)17-13-8-5-9-14-17/h3-9,11-15,18H,1,10H2,2H3. The summed E-state index contributed by atoms with van der Waals surface area (Å²) in [5, 5.41) is 0. The van der Waals surface area contributed by atoms with Crippen molar-refractivity contribution < 1.29 is 9.53 Å². The van der Waals surface area contributed by atoms with Crippen LogP contribution in [0.1, 0.15) is 17.5 Å². The van der Waals surface area contributed by atoms with Gasteiger partial charge in [-0.05, 0) is 23.1 Å². The van der Waals surface area contributed by atoms with Gasteiger partial charge in [-0.25, -0.2) is 0 Å². The minimum atomic E-state index is -0.335. The van der Waals surface area contributed by atoms with E-state index < -0.39 is 0 Å². The van der Waals surface area contributed by atoms with Crippen molar-refractivity contribution in [3.63, 3.8) is 0 Å². The minimum absolute atomic E-state index is 0.246. The summed E-state index contributed by atoms with van der Waals surface area (Å²) in [4.78, 5) is 12.0. The van der Waals surface area contributed by atoms with Crippen molar-refractivity contribution in [2.45, 2.75) is 6.42 Å². The smallest absolute Gasteiger partial charge is 0.312 e. The maximum Gasteiger partial charge on any atom is 0.312 e. The second-order valence-corrected chi connectivity index (χ2v) is 4.97. The molecule has 0 spiro atoms. The van der Waals surface area contributed by atoms with E-state index in [9.17, 15) is 4.79 Å². The van der Waals surface area contributed by atoms with Gasteiger partial charge in [0.15, 0.2) is 0 Å². The van der Waals surface area contributed by atoms with Gasteiger partial charge in [0, 0.05) is 0 Å². The first kappa shape index (κ1) is 15.8. The number of hydrogen-bond acceptors (Lipinski definition) is 2. The van der Waals surface area contributed by atoms with Gasteiger partial charge in [-0.15, -0.1) is 6.58 Å². The molecule has 112 valence electrons. The fourth-order valence-electron chi connectivity index (χ4n) is 2.36. The van der Waals surface area contributed by atoms with Crippen molar-refractivity contribution in [1.82, 2.24) is 0 Å². The van der Waals surface area contributed by atoms with Crippen LogP contribution in [0.15, 0.2) is 79.4 Å². The second-order valence-electron chi connectivity index (χ2n) is 4.97. The molecular formula is C20H20O2. The molecule has 0 aromatic heterocycles. The number of ether oxygens (including phenoxy) is 1. The van der Waals surface area contributed by atoms with E-state index in [4.69, 9.17) is 4.74 Å². The highest BCUT2D eigenvalue weighted by Crippen LogP contribution is 2.26. The van der Waals surface area contributed by atoms with Crippen LogP contribution in [0.4, 0.5) is 0 Å². The number of carbonyl (C=O) groups is 1. The molecule has 2 heteroatoms. The molecule has 0 N–H and O–H groups in total. The maximum atomic E-state index is 12.0. The molecule has 0 heterocycles. The number of esters is 1. The SMILES string of the molecule is C=CCC(C=C(c1ccccc1)c1ccccc1)C(=O)OC. The zero-order valence-corrected chi connectivity index (χ0v) is 12.7. The zero-order chi connectivity index (χ0) is 15.8. The van der Waals surface area contributed by atoms with Crippen molar-refractivity contribution in [2.24, 2.45) is 5.92 Å². The number of hydrogen-bond donors (Lipinski definition) is 0. The quantitative estimate of drug-likeness (QED) is 0.579. The van der Waals surface area contributed by atoms with Crippen LogP contribution in [0.3, 0.4) is 0 Å². The molecule has 0 radical (unpaired) electrons. The van der Waals surface area contributed by atoms with Gasteiger partial charge in [-0.1, -0.05) is 72.8 Å². The molecule has 0 fully saturated rings. The molecule has 22 heavy (non-hydrogen) atoms. The predicted molar refractivity (Wildman–Crippen MR) is 90.3 cm³/mol. The second kappa shape index (κ2) is 7.99. The molecule has 0 saturated heterocycles. The van der Waals surface area contributed by atoms with Gasteiger partial charge in [0.1, 0.15) is 0 Å². The van der Waals surface area contributed by atoms with E-state index >= 15 is 0 Å². The Kier molecular flexibility index (Phi) is 5.73. The molecule has 1 atom stereocenters. The fourth-order valence-corrected chi connectivity index (χ4v) is 2.36. The van der Waals surface area contributed by atoms with E-state index in [2.05, 4.69) is 6.58 Å². The van der Waals surface area contributed by atoms with Crippen LogP contribution in [0.2, 0.25) is 0 Å². The summed E-state index contributed by atoms with van der Waals surface area (Å²) in [7, 11) is 1.41. The van der Waals surface area contributed by atoms with Crippen LogP contribution in [0.5, 0.6) is 0 Å². The van der Waals surface area contributed by atoms with Crippen molar-refractivity contribution in [2.75, 3.05) is 7.11 Å². The lowest BCUT2D eigenvalue weighted by molar-refractivity contribution is -0.143. The lowest BCUT2D eigenvalue weighted by Gasteiger charge is -2.13. The Bertz CT molecular complexity index is 600. The third-order valence-electron chi connectivity index (χ3n) is 3.46. The zero-order valence-electron chi connectivity index (χ0n) is 12.7. The highest BCUT2D eigenvalue weighted by Gasteiger charge is 2.17.